The maximum absolute atomic E-state index is 13.2. The van der Waals surface area contributed by atoms with E-state index in [0.717, 1.165) is 17.4 Å². The van der Waals surface area contributed by atoms with Crippen LogP contribution in [0.1, 0.15) is 27.6 Å². The topological polar surface area (TPSA) is 26.3 Å². The van der Waals surface area contributed by atoms with Gasteiger partial charge in [0.15, 0.2) is 6.29 Å². The average Bonchev–Trinajstić information content (AvgIpc) is 2.62. The first-order chi connectivity index (χ1) is 12.1. The first-order valence-corrected chi connectivity index (χ1v) is 8.28. The Balaban J connectivity index is 1.98. The number of benzene rings is 3. The predicted molar refractivity (Wildman–Crippen MR) is 94.8 cm³/mol. The number of hydrogen-bond donors (Lipinski definition) is 0. The molecule has 0 saturated heterocycles. The summed E-state index contributed by atoms with van der Waals surface area (Å²) in [6, 6.07) is 16.9. The van der Waals surface area contributed by atoms with Crippen molar-refractivity contribution in [1.82, 2.24) is 0 Å². The molecule has 0 fully saturated rings. The van der Waals surface area contributed by atoms with Crippen LogP contribution in [0.4, 0.5) is 8.78 Å². The molecule has 3 aromatic rings. The number of carbonyl (C=O) groups is 1. The SMILES string of the molecule is O=Cc1ccc(OC(c2ccc(F)cc2)c2ccc(F)cc2)cc1Br. The highest BCUT2D eigenvalue weighted by molar-refractivity contribution is 9.10. The van der Waals surface area contributed by atoms with Gasteiger partial charge in [-0.25, -0.2) is 8.78 Å². The maximum atomic E-state index is 13.2. The lowest BCUT2D eigenvalue weighted by Gasteiger charge is -2.20. The number of halogens is 3. The molecule has 0 N–H and O–H groups in total. The zero-order valence-corrected chi connectivity index (χ0v) is 14.5. The quantitative estimate of drug-likeness (QED) is 0.511. The molecule has 25 heavy (non-hydrogen) atoms. The van der Waals surface area contributed by atoms with Gasteiger partial charge in [0.25, 0.3) is 0 Å². The summed E-state index contributed by atoms with van der Waals surface area (Å²) >= 11 is 3.32. The number of carbonyl (C=O) groups excluding carboxylic acids is 1. The molecule has 0 atom stereocenters. The summed E-state index contributed by atoms with van der Waals surface area (Å²) in [7, 11) is 0. The van der Waals surface area contributed by atoms with Crippen LogP contribution in [0, 0.1) is 11.6 Å². The summed E-state index contributed by atoms with van der Waals surface area (Å²) in [6.07, 6.45) is 0.195. The molecule has 126 valence electrons. The monoisotopic (exact) mass is 402 g/mol. The fourth-order valence-corrected chi connectivity index (χ4v) is 2.87. The minimum absolute atomic E-state index is 0.348. The highest BCUT2D eigenvalue weighted by atomic mass is 79.9. The van der Waals surface area contributed by atoms with Gasteiger partial charge >= 0.3 is 0 Å². The largest absolute Gasteiger partial charge is 0.481 e. The number of rotatable bonds is 5. The predicted octanol–water partition coefficient (Wildman–Crippen LogP) is 5.71. The highest BCUT2D eigenvalue weighted by Gasteiger charge is 2.17. The van der Waals surface area contributed by atoms with Crippen LogP contribution in [0.25, 0.3) is 0 Å². The highest BCUT2D eigenvalue weighted by Crippen LogP contribution is 2.31. The van der Waals surface area contributed by atoms with Crippen molar-refractivity contribution in [3.63, 3.8) is 0 Å². The molecule has 3 rings (SSSR count). The minimum atomic E-state index is -0.546. The molecule has 0 amide bonds. The summed E-state index contributed by atoms with van der Waals surface area (Å²) < 4.78 is 33.1. The van der Waals surface area contributed by atoms with Crippen LogP contribution < -0.4 is 4.74 Å². The molecule has 0 heterocycles. The summed E-state index contributed by atoms with van der Waals surface area (Å²) in [5.41, 5.74) is 1.96. The zero-order valence-electron chi connectivity index (χ0n) is 13.0. The van der Waals surface area contributed by atoms with E-state index >= 15 is 0 Å². The Bertz CT molecular complexity index is 832. The van der Waals surface area contributed by atoms with Gasteiger partial charge in [-0.1, -0.05) is 24.3 Å². The average molecular weight is 403 g/mol. The third kappa shape index (κ3) is 4.12. The second kappa shape index (κ2) is 7.57. The van der Waals surface area contributed by atoms with Crippen molar-refractivity contribution < 1.29 is 18.3 Å². The Morgan fingerprint density at radius 1 is 0.840 bits per heavy atom. The van der Waals surface area contributed by atoms with E-state index < -0.39 is 6.10 Å². The Morgan fingerprint density at radius 2 is 1.36 bits per heavy atom. The van der Waals surface area contributed by atoms with Gasteiger partial charge in [-0.05, 0) is 69.5 Å². The number of ether oxygens (including phenoxy) is 1. The van der Waals surface area contributed by atoms with Gasteiger partial charge < -0.3 is 4.74 Å². The second-order valence-electron chi connectivity index (χ2n) is 5.40. The molecule has 0 aliphatic heterocycles. The number of aldehydes is 1. The van der Waals surface area contributed by atoms with E-state index in [0.29, 0.717) is 15.8 Å². The first kappa shape index (κ1) is 17.3. The summed E-state index contributed by atoms with van der Waals surface area (Å²) in [5.74, 6) is -0.171. The Morgan fingerprint density at radius 3 is 1.80 bits per heavy atom. The Labute approximate surface area is 152 Å². The van der Waals surface area contributed by atoms with E-state index in [1.54, 1.807) is 42.5 Å². The van der Waals surface area contributed by atoms with Gasteiger partial charge in [-0.15, -0.1) is 0 Å². The molecule has 0 unspecified atom stereocenters. The van der Waals surface area contributed by atoms with E-state index in [4.69, 9.17) is 4.74 Å². The van der Waals surface area contributed by atoms with Gasteiger partial charge in [0.1, 0.15) is 23.5 Å². The van der Waals surface area contributed by atoms with E-state index in [2.05, 4.69) is 15.9 Å². The zero-order chi connectivity index (χ0) is 17.8. The van der Waals surface area contributed by atoms with Crippen LogP contribution in [0.3, 0.4) is 0 Å². The fraction of sp³-hybridized carbons (Fsp3) is 0.0500. The summed E-state index contributed by atoms with van der Waals surface area (Å²) in [6.45, 7) is 0. The third-order valence-electron chi connectivity index (χ3n) is 3.70. The standard InChI is InChI=1S/C20H13BrF2O2/c21-19-11-18(10-5-15(19)12-24)25-20(13-1-6-16(22)7-2-13)14-3-8-17(23)9-4-14/h1-12,20H. The second-order valence-corrected chi connectivity index (χ2v) is 6.26. The molecule has 0 spiro atoms. The molecule has 0 aliphatic rings. The molecule has 0 radical (unpaired) electrons. The molecule has 5 heteroatoms. The molecule has 0 saturated carbocycles. The molecule has 3 aromatic carbocycles. The van der Waals surface area contributed by atoms with Crippen molar-refractivity contribution >= 4 is 22.2 Å². The molecule has 0 bridgehead atoms. The van der Waals surface area contributed by atoms with Crippen LogP contribution in [-0.4, -0.2) is 6.29 Å². The number of hydrogen-bond acceptors (Lipinski definition) is 2. The van der Waals surface area contributed by atoms with Gasteiger partial charge in [-0.3, -0.25) is 4.79 Å². The van der Waals surface area contributed by atoms with Gasteiger partial charge in [0, 0.05) is 10.0 Å². The summed E-state index contributed by atoms with van der Waals surface area (Å²) in [5, 5.41) is 0. The lowest BCUT2D eigenvalue weighted by Crippen LogP contribution is -2.10. The van der Waals surface area contributed by atoms with E-state index in [1.807, 2.05) is 0 Å². The molecule has 0 aromatic heterocycles. The van der Waals surface area contributed by atoms with Crippen molar-refractivity contribution in [1.29, 1.82) is 0 Å². The maximum Gasteiger partial charge on any atom is 0.151 e. The van der Waals surface area contributed by atoms with E-state index in [1.165, 1.54) is 24.3 Å². The molecule has 0 aliphatic carbocycles. The van der Waals surface area contributed by atoms with E-state index in [-0.39, 0.29) is 11.6 Å². The lowest BCUT2D eigenvalue weighted by atomic mass is 10.0. The van der Waals surface area contributed by atoms with Crippen molar-refractivity contribution in [3.8, 4) is 5.75 Å². The van der Waals surface area contributed by atoms with Crippen LogP contribution in [0.2, 0.25) is 0 Å². The molecular weight excluding hydrogens is 390 g/mol. The third-order valence-corrected chi connectivity index (χ3v) is 4.39. The summed E-state index contributed by atoms with van der Waals surface area (Å²) in [4.78, 5) is 10.9. The Hall–Kier alpha value is -2.53. The normalized spacial score (nSPS) is 10.7. The van der Waals surface area contributed by atoms with Crippen LogP contribution >= 0.6 is 15.9 Å². The fourth-order valence-electron chi connectivity index (χ4n) is 2.42. The lowest BCUT2D eigenvalue weighted by molar-refractivity contribution is 0.112. The van der Waals surface area contributed by atoms with Crippen LogP contribution in [-0.2, 0) is 0 Å². The van der Waals surface area contributed by atoms with Crippen LogP contribution in [0.5, 0.6) is 5.75 Å². The minimum Gasteiger partial charge on any atom is -0.481 e. The van der Waals surface area contributed by atoms with Crippen molar-refractivity contribution in [2.24, 2.45) is 0 Å². The first-order valence-electron chi connectivity index (χ1n) is 7.49. The van der Waals surface area contributed by atoms with Crippen molar-refractivity contribution in [2.75, 3.05) is 0 Å². The molecule has 2 nitrogen and oxygen atoms in total. The molecular formula is C20H13BrF2O2. The van der Waals surface area contributed by atoms with Crippen molar-refractivity contribution in [2.45, 2.75) is 6.10 Å². The van der Waals surface area contributed by atoms with Gasteiger partial charge in [0.05, 0.1) is 0 Å². The van der Waals surface area contributed by atoms with E-state index in [9.17, 15) is 13.6 Å². The van der Waals surface area contributed by atoms with Gasteiger partial charge in [0.2, 0.25) is 0 Å². The van der Waals surface area contributed by atoms with Crippen molar-refractivity contribution in [3.05, 3.63) is 99.5 Å². The van der Waals surface area contributed by atoms with Crippen LogP contribution in [0.15, 0.2) is 71.2 Å². The van der Waals surface area contributed by atoms with Gasteiger partial charge in [-0.2, -0.15) is 0 Å². The smallest absolute Gasteiger partial charge is 0.151 e. The Kier molecular flexibility index (Phi) is 5.24.